The fraction of sp³-hybridized carbons (Fsp3) is 0.320. The normalized spacial score (nSPS) is 15.3. The highest BCUT2D eigenvalue weighted by Gasteiger charge is 2.22. The first kappa shape index (κ1) is 23.0. The molecule has 170 valence electrons. The molecule has 0 radical (unpaired) electrons. The maximum atomic E-state index is 13.3. The van der Waals surface area contributed by atoms with E-state index in [2.05, 4.69) is 15.6 Å². The smallest absolute Gasteiger partial charge is 0.237 e. The van der Waals surface area contributed by atoms with Crippen molar-refractivity contribution in [2.24, 2.45) is 0 Å². The summed E-state index contributed by atoms with van der Waals surface area (Å²) in [6.45, 7) is 1.70. The van der Waals surface area contributed by atoms with Crippen LogP contribution >= 0.6 is 11.8 Å². The largest absolute Gasteiger partial charge is 0.376 e. The Morgan fingerprint density at radius 2 is 2.03 bits per heavy atom. The Labute approximate surface area is 197 Å². The number of aromatic nitrogens is 2. The van der Waals surface area contributed by atoms with Crippen molar-refractivity contribution in [2.45, 2.75) is 37.1 Å². The van der Waals surface area contributed by atoms with Gasteiger partial charge in [-0.1, -0.05) is 42.1 Å². The predicted molar refractivity (Wildman–Crippen MR) is 126 cm³/mol. The number of carbonyl (C=O) groups excluding carboxylic acids is 1. The average Bonchev–Trinajstić information content (AvgIpc) is 3.50. The molecule has 1 aliphatic rings. The fourth-order valence-electron chi connectivity index (χ4n) is 3.87. The van der Waals surface area contributed by atoms with Crippen molar-refractivity contribution in [3.63, 3.8) is 0 Å². The molecule has 6 nitrogen and oxygen atoms in total. The molecule has 0 N–H and O–H groups in total. The molecule has 3 aromatic rings. The minimum absolute atomic E-state index is 0.128. The molecule has 1 atom stereocenters. The molecule has 0 spiro atoms. The maximum Gasteiger partial charge on any atom is 0.237 e. The highest BCUT2D eigenvalue weighted by Crippen LogP contribution is 2.29. The van der Waals surface area contributed by atoms with Crippen LogP contribution in [0.15, 0.2) is 66.0 Å². The second-order valence-corrected chi connectivity index (χ2v) is 8.70. The monoisotopic (exact) mass is 464 g/mol. The lowest BCUT2D eigenvalue weighted by molar-refractivity contribution is -0.116. The lowest BCUT2D eigenvalue weighted by atomic mass is 10.1. The quantitative estimate of drug-likeness (QED) is 0.421. The molecule has 4 rings (SSSR count). The van der Waals surface area contributed by atoms with Gasteiger partial charge in [0.1, 0.15) is 5.82 Å². The van der Waals surface area contributed by atoms with Crippen molar-refractivity contribution >= 4 is 23.4 Å². The Morgan fingerprint density at radius 3 is 2.73 bits per heavy atom. The van der Waals surface area contributed by atoms with Gasteiger partial charge in [-0.2, -0.15) is 5.26 Å². The molecule has 1 amide bonds. The molecule has 2 aromatic carbocycles. The van der Waals surface area contributed by atoms with Crippen molar-refractivity contribution in [2.75, 3.05) is 23.8 Å². The summed E-state index contributed by atoms with van der Waals surface area (Å²) in [6.07, 6.45) is 4.21. The molecule has 8 heteroatoms. The van der Waals surface area contributed by atoms with E-state index in [1.807, 2.05) is 36.5 Å². The molecular weight excluding hydrogens is 439 g/mol. The van der Waals surface area contributed by atoms with Gasteiger partial charge in [0, 0.05) is 18.8 Å². The van der Waals surface area contributed by atoms with E-state index in [0.29, 0.717) is 12.2 Å². The lowest BCUT2D eigenvalue weighted by Gasteiger charge is -2.22. The van der Waals surface area contributed by atoms with Crippen LogP contribution in [0.1, 0.15) is 19.3 Å². The molecule has 0 saturated carbocycles. The summed E-state index contributed by atoms with van der Waals surface area (Å²) < 4.78 is 21.3. The minimum atomic E-state index is -0.370. The summed E-state index contributed by atoms with van der Waals surface area (Å²) in [5.74, 6) is -0.375. The molecule has 33 heavy (non-hydrogen) atoms. The molecule has 0 bridgehead atoms. The number of nitrogens with zero attached hydrogens (tertiary/aromatic N) is 4. The van der Waals surface area contributed by atoms with Gasteiger partial charge in [0.15, 0.2) is 5.16 Å². The number of thioether (sulfide) groups is 1. The van der Waals surface area contributed by atoms with E-state index in [4.69, 9.17) is 10.00 Å². The summed E-state index contributed by atoms with van der Waals surface area (Å²) in [7, 11) is 0. The van der Waals surface area contributed by atoms with Gasteiger partial charge < -0.3 is 14.2 Å². The summed E-state index contributed by atoms with van der Waals surface area (Å²) in [5.41, 5.74) is 2.62. The molecule has 2 heterocycles. The molecule has 1 saturated heterocycles. The van der Waals surface area contributed by atoms with E-state index < -0.39 is 0 Å². The third-order valence-electron chi connectivity index (χ3n) is 5.51. The zero-order valence-corrected chi connectivity index (χ0v) is 19.0. The number of halogens is 1. The van der Waals surface area contributed by atoms with E-state index in [9.17, 15) is 9.18 Å². The first-order valence-corrected chi connectivity index (χ1v) is 11.9. The van der Waals surface area contributed by atoms with E-state index in [-0.39, 0.29) is 36.5 Å². The van der Waals surface area contributed by atoms with Gasteiger partial charge in [-0.05, 0) is 42.7 Å². The van der Waals surface area contributed by atoms with Crippen LogP contribution in [0.3, 0.4) is 0 Å². The summed E-state index contributed by atoms with van der Waals surface area (Å²) in [5, 5.41) is 9.75. The first-order chi connectivity index (χ1) is 16.2. The van der Waals surface area contributed by atoms with Crippen LogP contribution in [0.5, 0.6) is 0 Å². The number of nitriles is 1. The third-order valence-corrected chi connectivity index (χ3v) is 6.49. The maximum absolute atomic E-state index is 13.3. The fourth-order valence-corrected chi connectivity index (χ4v) is 4.73. The Bertz CT molecular complexity index is 1110. The van der Waals surface area contributed by atoms with Gasteiger partial charge in [-0.15, -0.1) is 0 Å². The van der Waals surface area contributed by atoms with Gasteiger partial charge in [-0.25, -0.2) is 9.37 Å². The third kappa shape index (κ3) is 5.81. The van der Waals surface area contributed by atoms with Crippen molar-refractivity contribution in [1.29, 1.82) is 5.26 Å². The highest BCUT2D eigenvalue weighted by molar-refractivity contribution is 7.99. The standard InChI is InChI=1S/C25H25FN4O2S/c26-20-9-11-21(12-10-20)29(14-5-13-27)24(31)18-33-25-28-16-23(19-6-2-1-3-7-19)30(25)17-22-8-4-15-32-22/h1-3,6-7,9-12,16,22H,4-5,8,14-15,17-18H2/t22-/m0/s1. The van der Waals surface area contributed by atoms with Crippen LogP contribution < -0.4 is 4.90 Å². The Morgan fingerprint density at radius 1 is 1.24 bits per heavy atom. The number of carbonyl (C=O) groups is 1. The molecule has 1 aliphatic heterocycles. The van der Waals surface area contributed by atoms with Gasteiger partial charge >= 0.3 is 0 Å². The minimum Gasteiger partial charge on any atom is -0.376 e. The van der Waals surface area contributed by atoms with Crippen LogP contribution in [0.2, 0.25) is 0 Å². The van der Waals surface area contributed by atoms with E-state index in [0.717, 1.165) is 35.9 Å². The molecular formula is C25H25FN4O2S. The number of benzene rings is 2. The van der Waals surface area contributed by atoms with Crippen molar-refractivity contribution in [3.8, 4) is 17.3 Å². The number of ether oxygens (including phenoxy) is 1. The molecule has 1 fully saturated rings. The SMILES string of the molecule is N#CCCN(C(=O)CSc1ncc(-c2ccccc2)n1C[C@@H]1CCCO1)c1ccc(F)cc1. The van der Waals surface area contributed by atoms with Gasteiger partial charge in [0.05, 0.1) is 42.8 Å². The van der Waals surface area contributed by atoms with E-state index in [1.165, 1.54) is 28.8 Å². The zero-order valence-electron chi connectivity index (χ0n) is 18.2. The van der Waals surface area contributed by atoms with Gasteiger partial charge in [0.25, 0.3) is 0 Å². The van der Waals surface area contributed by atoms with Gasteiger partial charge in [0.2, 0.25) is 5.91 Å². The highest BCUT2D eigenvalue weighted by atomic mass is 32.2. The van der Waals surface area contributed by atoms with Crippen LogP contribution in [-0.2, 0) is 16.1 Å². The number of amides is 1. The predicted octanol–water partition coefficient (Wildman–Crippen LogP) is 4.91. The second kappa shape index (κ2) is 11.1. The number of hydrogen-bond acceptors (Lipinski definition) is 5. The molecule has 0 unspecified atom stereocenters. The molecule has 1 aromatic heterocycles. The van der Waals surface area contributed by atoms with Crippen LogP contribution in [0.25, 0.3) is 11.3 Å². The summed E-state index contributed by atoms with van der Waals surface area (Å²) in [6, 6.07) is 17.9. The number of anilines is 1. The van der Waals surface area contributed by atoms with Crippen molar-refractivity contribution in [3.05, 3.63) is 66.6 Å². The summed E-state index contributed by atoms with van der Waals surface area (Å²) in [4.78, 5) is 19.2. The topological polar surface area (TPSA) is 71.2 Å². The molecule has 0 aliphatic carbocycles. The van der Waals surface area contributed by atoms with E-state index >= 15 is 0 Å². The second-order valence-electron chi connectivity index (χ2n) is 7.76. The Balaban J connectivity index is 1.53. The van der Waals surface area contributed by atoms with Crippen LogP contribution in [0, 0.1) is 17.1 Å². The summed E-state index contributed by atoms with van der Waals surface area (Å²) >= 11 is 1.36. The van der Waals surface area contributed by atoms with Crippen molar-refractivity contribution in [1.82, 2.24) is 9.55 Å². The van der Waals surface area contributed by atoms with Crippen LogP contribution in [-0.4, -0.2) is 40.5 Å². The average molecular weight is 465 g/mol. The Kier molecular flexibility index (Phi) is 7.76. The number of hydrogen-bond donors (Lipinski definition) is 0. The number of rotatable bonds is 9. The Hall–Kier alpha value is -3.15. The number of imidazole rings is 1. The van der Waals surface area contributed by atoms with E-state index in [1.54, 1.807) is 12.1 Å². The van der Waals surface area contributed by atoms with Gasteiger partial charge in [-0.3, -0.25) is 4.79 Å². The zero-order chi connectivity index (χ0) is 23.0. The van der Waals surface area contributed by atoms with Crippen molar-refractivity contribution < 1.29 is 13.9 Å². The lowest BCUT2D eigenvalue weighted by Crippen LogP contribution is -2.33. The van der Waals surface area contributed by atoms with Crippen LogP contribution in [0.4, 0.5) is 10.1 Å². The first-order valence-electron chi connectivity index (χ1n) is 10.9.